The van der Waals surface area contributed by atoms with Crippen molar-refractivity contribution in [2.24, 2.45) is 0 Å². The second-order valence-corrected chi connectivity index (χ2v) is 12.2. The molecule has 0 aliphatic heterocycles. The minimum Gasteiger partial charge on any atom is -0.231 e. The van der Waals surface area contributed by atoms with Crippen molar-refractivity contribution < 1.29 is 0 Å². The molecule has 0 N–H and O–H groups in total. The van der Waals surface area contributed by atoms with Gasteiger partial charge in [-0.25, -0.2) is 4.68 Å². The molecule has 0 bridgehead atoms. The Bertz CT molecular complexity index is 1610. The van der Waals surface area contributed by atoms with E-state index in [-0.39, 0.29) is 5.41 Å². The molecule has 0 amide bonds. The van der Waals surface area contributed by atoms with Crippen LogP contribution in [0, 0.1) is 0 Å². The molecule has 9 heteroatoms. The summed E-state index contributed by atoms with van der Waals surface area (Å²) >= 11 is 24.2. The molecule has 5 aromatic rings. The molecule has 1 aliphatic carbocycles. The molecule has 2 heterocycles. The summed E-state index contributed by atoms with van der Waals surface area (Å²) in [4.78, 5) is 0. The van der Waals surface area contributed by atoms with Crippen LogP contribution in [0.25, 0.3) is 27.6 Å². The first kappa shape index (κ1) is 25.1. The highest BCUT2D eigenvalue weighted by molar-refractivity contribution is 9.10. The highest BCUT2D eigenvalue weighted by Crippen LogP contribution is 2.55. The Morgan fingerprint density at radius 1 is 0.919 bits per heavy atom. The van der Waals surface area contributed by atoms with Crippen LogP contribution in [0.1, 0.15) is 35.9 Å². The summed E-state index contributed by atoms with van der Waals surface area (Å²) in [5.41, 5.74) is 5.82. The summed E-state index contributed by atoms with van der Waals surface area (Å²) in [5, 5.41) is 18.0. The van der Waals surface area contributed by atoms with Gasteiger partial charge in [-0.2, -0.15) is 5.10 Å². The van der Waals surface area contributed by atoms with Gasteiger partial charge in [-0.05, 0) is 67.3 Å². The average Bonchev–Trinajstić information content (AvgIpc) is 3.38. The lowest BCUT2D eigenvalue weighted by Gasteiger charge is -2.11. The Kier molecular flexibility index (Phi) is 6.66. The molecule has 0 unspecified atom stereocenters. The van der Waals surface area contributed by atoms with Crippen LogP contribution in [0.4, 0.5) is 0 Å². The van der Waals surface area contributed by atoms with Crippen LogP contribution in [0.2, 0.25) is 15.1 Å². The lowest BCUT2D eigenvalue weighted by atomic mass is 9.97. The van der Waals surface area contributed by atoms with E-state index in [2.05, 4.69) is 57.3 Å². The second kappa shape index (κ2) is 9.83. The standard InChI is InChI=1S/C28H20BrCl3N4S/c1-2-21-24(26-33-34-27(37-26)28(13-14-28)17-5-9-19(30)10-6-17)35-36(23-12-11-20(31)15-22(23)32)25(21)16-3-7-18(29)8-4-16/h3-12,15H,2,13-14H2,1H3. The fourth-order valence-corrected chi connectivity index (χ4v) is 6.72. The molecule has 3 aromatic carbocycles. The number of rotatable bonds is 6. The lowest BCUT2D eigenvalue weighted by molar-refractivity contribution is 0.806. The number of aromatic nitrogens is 4. The topological polar surface area (TPSA) is 43.6 Å². The average molecular weight is 631 g/mol. The second-order valence-electron chi connectivity index (χ2n) is 9.05. The number of benzene rings is 3. The van der Waals surface area contributed by atoms with Crippen LogP contribution < -0.4 is 0 Å². The van der Waals surface area contributed by atoms with Crippen LogP contribution >= 0.6 is 62.1 Å². The van der Waals surface area contributed by atoms with E-state index in [4.69, 9.17) is 39.9 Å². The molecular weight excluding hydrogens is 611 g/mol. The van der Waals surface area contributed by atoms with Crippen LogP contribution in [-0.2, 0) is 11.8 Å². The minimum absolute atomic E-state index is 0.0938. The third-order valence-corrected chi connectivity index (χ3v) is 9.23. The van der Waals surface area contributed by atoms with Crippen molar-refractivity contribution >= 4 is 62.1 Å². The van der Waals surface area contributed by atoms with Crippen LogP contribution in [0.15, 0.2) is 71.2 Å². The Balaban J connectivity index is 1.51. The van der Waals surface area contributed by atoms with Gasteiger partial charge in [-0.15, -0.1) is 10.2 Å². The van der Waals surface area contributed by atoms with E-state index < -0.39 is 0 Å². The highest BCUT2D eigenvalue weighted by atomic mass is 79.9. The third-order valence-electron chi connectivity index (χ3n) is 6.78. The maximum Gasteiger partial charge on any atom is 0.168 e. The van der Waals surface area contributed by atoms with Crippen molar-refractivity contribution in [3.8, 4) is 27.6 Å². The molecule has 1 aliphatic rings. The van der Waals surface area contributed by atoms with Gasteiger partial charge < -0.3 is 0 Å². The van der Waals surface area contributed by atoms with Crippen molar-refractivity contribution in [2.45, 2.75) is 31.6 Å². The first-order valence-electron chi connectivity index (χ1n) is 11.8. The third kappa shape index (κ3) is 4.53. The normalized spacial score (nSPS) is 14.2. The maximum atomic E-state index is 6.66. The molecular formula is C28H20BrCl3N4S. The van der Waals surface area contributed by atoms with E-state index in [0.717, 1.165) is 67.0 Å². The van der Waals surface area contributed by atoms with E-state index in [9.17, 15) is 0 Å². The summed E-state index contributed by atoms with van der Waals surface area (Å²) < 4.78 is 2.92. The largest absolute Gasteiger partial charge is 0.231 e. The van der Waals surface area contributed by atoms with Crippen molar-refractivity contribution in [1.29, 1.82) is 0 Å². The fourth-order valence-electron chi connectivity index (χ4n) is 4.72. The Morgan fingerprint density at radius 3 is 2.27 bits per heavy atom. The first-order chi connectivity index (χ1) is 17.9. The zero-order valence-electron chi connectivity index (χ0n) is 19.7. The fraction of sp³-hybridized carbons (Fsp3) is 0.179. The van der Waals surface area contributed by atoms with Gasteiger partial charge in [0.15, 0.2) is 5.01 Å². The molecule has 0 saturated heterocycles. The Hall–Kier alpha value is -2.22. The van der Waals surface area contributed by atoms with E-state index in [1.54, 1.807) is 17.4 Å². The first-order valence-corrected chi connectivity index (χ1v) is 14.6. The van der Waals surface area contributed by atoms with Gasteiger partial charge >= 0.3 is 0 Å². The summed E-state index contributed by atoms with van der Waals surface area (Å²) in [6.07, 6.45) is 2.86. The number of nitrogens with zero attached hydrogens (tertiary/aromatic N) is 4. The van der Waals surface area contributed by atoms with Crippen LogP contribution in [0.3, 0.4) is 0 Å². The maximum absolute atomic E-state index is 6.66. The Labute approximate surface area is 242 Å². The highest BCUT2D eigenvalue weighted by Gasteiger charge is 2.49. The summed E-state index contributed by atoms with van der Waals surface area (Å²) in [7, 11) is 0. The van der Waals surface area contributed by atoms with Gasteiger partial charge in [0, 0.05) is 31.1 Å². The molecule has 1 saturated carbocycles. The van der Waals surface area contributed by atoms with E-state index in [1.807, 2.05) is 41.1 Å². The summed E-state index contributed by atoms with van der Waals surface area (Å²) in [5.74, 6) is 0. The predicted molar refractivity (Wildman–Crippen MR) is 156 cm³/mol. The van der Waals surface area contributed by atoms with Crippen molar-refractivity contribution in [1.82, 2.24) is 20.0 Å². The molecule has 4 nitrogen and oxygen atoms in total. The predicted octanol–water partition coefficient (Wildman–Crippen LogP) is 9.42. The molecule has 6 rings (SSSR count). The van der Waals surface area contributed by atoms with Crippen molar-refractivity contribution in [3.05, 3.63) is 102 Å². The summed E-state index contributed by atoms with van der Waals surface area (Å²) in [6, 6.07) is 21.7. The minimum atomic E-state index is -0.0938. The van der Waals surface area contributed by atoms with Gasteiger partial charge in [0.2, 0.25) is 0 Å². The zero-order chi connectivity index (χ0) is 25.7. The van der Waals surface area contributed by atoms with E-state index >= 15 is 0 Å². The molecule has 0 atom stereocenters. The van der Waals surface area contributed by atoms with Gasteiger partial charge in [-0.3, -0.25) is 0 Å². The molecule has 0 spiro atoms. The number of hydrogen-bond donors (Lipinski definition) is 0. The lowest BCUT2D eigenvalue weighted by Crippen LogP contribution is -2.07. The van der Waals surface area contributed by atoms with Crippen molar-refractivity contribution in [2.75, 3.05) is 0 Å². The van der Waals surface area contributed by atoms with Crippen LogP contribution in [0.5, 0.6) is 0 Å². The SMILES string of the molecule is CCc1c(-c2nnc(C3(c4ccc(Cl)cc4)CC3)s2)nn(-c2ccc(Cl)cc2Cl)c1-c1ccc(Br)cc1. The molecule has 0 radical (unpaired) electrons. The molecule has 37 heavy (non-hydrogen) atoms. The van der Waals surface area contributed by atoms with Crippen molar-refractivity contribution in [3.63, 3.8) is 0 Å². The van der Waals surface area contributed by atoms with Gasteiger partial charge in [-0.1, -0.05) is 93.3 Å². The van der Waals surface area contributed by atoms with Crippen LogP contribution in [-0.4, -0.2) is 20.0 Å². The van der Waals surface area contributed by atoms with E-state index in [0.29, 0.717) is 10.0 Å². The smallest absolute Gasteiger partial charge is 0.168 e. The number of hydrogen-bond acceptors (Lipinski definition) is 4. The molecule has 186 valence electrons. The van der Waals surface area contributed by atoms with E-state index in [1.165, 1.54) is 5.56 Å². The quantitative estimate of drug-likeness (QED) is 0.188. The summed E-state index contributed by atoms with van der Waals surface area (Å²) in [6.45, 7) is 2.13. The van der Waals surface area contributed by atoms with Gasteiger partial charge in [0.05, 0.1) is 16.4 Å². The molecule has 1 fully saturated rings. The van der Waals surface area contributed by atoms with Gasteiger partial charge in [0.1, 0.15) is 10.7 Å². The monoisotopic (exact) mass is 628 g/mol. The molecule has 2 aromatic heterocycles. The number of halogens is 4. The van der Waals surface area contributed by atoms with Gasteiger partial charge in [0.25, 0.3) is 0 Å². The Morgan fingerprint density at radius 2 is 1.62 bits per heavy atom. The zero-order valence-corrected chi connectivity index (χ0v) is 24.4.